The number of sulfonamides is 1. The van der Waals surface area contributed by atoms with Crippen molar-refractivity contribution in [3.8, 4) is 0 Å². The summed E-state index contributed by atoms with van der Waals surface area (Å²) < 4.78 is 27.3. The summed E-state index contributed by atoms with van der Waals surface area (Å²) in [5.41, 5.74) is 1.40. The summed E-state index contributed by atoms with van der Waals surface area (Å²) in [5, 5.41) is 0.0971. The van der Waals surface area contributed by atoms with Gasteiger partial charge in [-0.1, -0.05) is 15.9 Å². The Morgan fingerprint density at radius 3 is 2.76 bits per heavy atom. The highest BCUT2D eigenvalue weighted by Gasteiger charge is 2.20. The number of halogens is 1. The molecule has 5 nitrogen and oxygen atoms in total. The van der Waals surface area contributed by atoms with Crippen LogP contribution in [0.2, 0.25) is 0 Å². The highest BCUT2D eigenvalue weighted by molar-refractivity contribution is 9.10. The molecule has 7 heteroatoms. The van der Waals surface area contributed by atoms with Crippen LogP contribution in [0.5, 0.6) is 0 Å². The Labute approximate surface area is 107 Å². The summed E-state index contributed by atoms with van der Waals surface area (Å²) >= 11 is 3.33. The molecule has 0 amide bonds. The molecule has 0 aliphatic carbocycles. The van der Waals surface area contributed by atoms with E-state index in [1.165, 1.54) is 12.5 Å². The zero-order valence-electron chi connectivity index (χ0n) is 8.99. The van der Waals surface area contributed by atoms with Crippen molar-refractivity contribution in [3.05, 3.63) is 40.8 Å². The second-order valence-corrected chi connectivity index (χ2v) is 6.10. The van der Waals surface area contributed by atoms with Gasteiger partial charge < -0.3 is 0 Å². The van der Waals surface area contributed by atoms with Crippen LogP contribution in [0.3, 0.4) is 0 Å². The lowest BCUT2D eigenvalue weighted by atomic mass is 10.2. The van der Waals surface area contributed by atoms with Crippen molar-refractivity contribution in [2.75, 3.05) is 4.72 Å². The molecular formula is C10H11BrN3O2S+. The lowest BCUT2D eigenvalue weighted by molar-refractivity contribution is -0.377. The Kier molecular flexibility index (Phi) is 3.21. The maximum Gasteiger partial charge on any atom is 0.302 e. The van der Waals surface area contributed by atoms with Crippen LogP contribution < -0.4 is 9.71 Å². The van der Waals surface area contributed by atoms with E-state index in [1.807, 2.05) is 13.0 Å². The number of hydrogen-bond acceptors (Lipinski definition) is 2. The first kappa shape index (κ1) is 12.1. The minimum absolute atomic E-state index is 0.0971. The van der Waals surface area contributed by atoms with E-state index >= 15 is 0 Å². The van der Waals surface area contributed by atoms with Gasteiger partial charge in [0.25, 0.3) is 5.03 Å². The minimum Gasteiger partial charge on any atom is -0.276 e. The van der Waals surface area contributed by atoms with E-state index in [0.717, 1.165) is 10.0 Å². The number of aryl methyl sites for hydroxylation is 1. The van der Waals surface area contributed by atoms with Crippen molar-refractivity contribution in [2.45, 2.75) is 11.9 Å². The number of rotatable bonds is 3. The third-order valence-electron chi connectivity index (χ3n) is 2.23. The second-order valence-electron chi connectivity index (χ2n) is 3.53. The third kappa shape index (κ3) is 2.67. The first-order chi connectivity index (χ1) is 7.99. The number of imidazole rings is 1. The smallest absolute Gasteiger partial charge is 0.276 e. The molecule has 0 saturated carbocycles. The van der Waals surface area contributed by atoms with Gasteiger partial charge in [-0.05, 0) is 30.7 Å². The molecular weight excluding hydrogens is 306 g/mol. The van der Waals surface area contributed by atoms with E-state index < -0.39 is 10.0 Å². The fourth-order valence-corrected chi connectivity index (χ4v) is 2.91. The number of hydrogen-bond donors (Lipinski definition) is 2. The zero-order valence-corrected chi connectivity index (χ0v) is 11.4. The van der Waals surface area contributed by atoms with Crippen LogP contribution in [0.15, 0.2) is 40.2 Å². The Morgan fingerprint density at radius 1 is 1.41 bits per heavy atom. The standard InChI is InChI=1S/C10H10BrN3O2S/c1-7-4-8(11)2-3-9(7)14-17(15,16)10-5-12-6-13-10/h2-6,14H,1H3,(H,12,13)/p+1. The average Bonchev–Trinajstić information content (AvgIpc) is 2.76. The van der Waals surface area contributed by atoms with E-state index in [1.54, 1.807) is 12.1 Å². The van der Waals surface area contributed by atoms with Crippen LogP contribution in [0, 0.1) is 6.92 Å². The Morgan fingerprint density at radius 2 is 2.18 bits per heavy atom. The fraction of sp³-hybridized carbons (Fsp3) is 0.100. The number of aromatic amines is 2. The average molecular weight is 317 g/mol. The highest BCUT2D eigenvalue weighted by atomic mass is 79.9. The summed E-state index contributed by atoms with van der Waals surface area (Å²) in [6, 6.07) is 5.34. The molecule has 0 fully saturated rings. The monoisotopic (exact) mass is 316 g/mol. The highest BCUT2D eigenvalue weighted by Crippen LogP contribution is 2.22. The van der Waals surface area contributed by atoms with Gasteiger partial charge in [0.05, 0.1) is 5.69 Å². The Bertz CT molecular complexity index is 623. The minimum atomic E-state index is -3.56. The Balaban J connectivity index is 2.33. The van der Waals surface area contributed by atoms with Crippen molar-refractivity contribution in [3.63, 3.8) is 0 Å². The van der Waals surface area contributed by atoms with Crippen LogP contribution in [0.1, 0.15) is 5.56 Å². The van der Waals surface area contributed by atoms with Crippen LogP contribution in [-0.4, -0.2) is 13.4 Å². The van der Waals surface area contributed by atoms with E-state index in [-0.39, 0.29) is 5.03 Å². The first-order valence-electron chi connectivity index (χ1n) is 4.82. The van der Waals surface area contributed by atoms with Gasteiger partial charge in [-0.2, -0.15) is 8.42 Å². The van der Waals surface area contributed by atoms with Crippen LogP contribution in [0.25, 0.3) is 0 Å². The Hall–Kier alpha value is -1.34. The molecule has 0 saturated heterocycles. The molecule has 1 aromatic heterocycles. The van der Waals surface area contributed by atoms with Crippen LogP contribution >= 0.6 is 15.9 Å². The summed E-state index contributed by atoms with van der Waals surface area (Å²) in [6.07, 6.45) is 2.83. The molecule has 0 aliphatic heterocycles. The van der Waals surface area contributed by atoms with Gasteiger partial charge in [-0.3, -0.25) is 4.72 Å². The number of benzene rings is 1. The number of anilines is 1. The van der Waals surface area contributed by atoms with Gasteiger partial charge in [0.1, 0.15) is 6.20 Å². The summed E-state index contributed by atoms with van der Waals surface area (Å²) in [5.74, 6) is 0. The van der Waals surface area contributed by atoms with Crippen molar-refractivity contribution < 1.29 is 13.4 Å². The zero-order chi connectivity index (χ0) is 12.5. The quantitative estimate of drug-likeness (QED) is 0.904. The molecule has 17 heavy (non-hydrogen) atoms. The predicted octanol–water partition coefficient (Wildman–Crippen LogP) is 1.70. The molecule has 1 heterocycles. The van der Waals surface area contributed by atoms with Gasteiger partial charge in [0.15, 0.2) is 0 Å². The summed E-state index contributed by atoms with van der Waals surface area (Å²) in [7, 11) is -3.56. The summed E-state index contributed by atoms with van der Waals surface area (Å²) in [4.78, 5) is 5.28. The van der Waals surface area contributed by atoms with Crippen LogP contribution in [0.4, 0.5) is 5.69 Å². The maximum atomic E-state index is 11.9. The van der Waals surface area contributed by atoms with Gasteiger partial charge in [-0.25, -0.2) is 9.97 Å². The molecule has 2 rings (SSSR count). The second kappa shape index (κ2) is 4.50. The molecule has 0 unspecified atom stereocenters. The molecule has 3 N–H and O–H groups in total. The number of aromatic nitrogens is 2. The van der Waals surface area contributed by atoms with Gasteiger partial charge >= 0.3 is 10.0 Å². The molecule has 2 aromatic rings. The number of H-pyrrole nitrogens is 2. The molecule has 0 radical (unpaired) electrons. The van der Waals surface area contributed by atoms with Crippen molar-refractivity contribution in [1.29, 1.82) is 0 Å². The number of nitrogens with one attached hydrogen (secondary N) is 3. The van der Waals surface area contributed by atoms with Gasteiger partial charge in [0, 0.05) is 4.47 Å². The lowest BCUT2D eigenvalue weighted by Gasteiger charge is -2.07. The molecule has 0 atom stereocenters. The van der Waals surface area contributed by atoms with E-state index in [0.29, 0.717) is 5.69 Å². The van der Waals surface area contributed by atoms with E-state index in [9.17, 15) is 8.42 Å². The maximum absolute atomic E-state index is 11.9. The lowest BCUT2D eigenvalue weighted by Crippen LogP contribution is -2.14. The van der Waals surface area contributed by atoms with E-state index in [4.69, 9.17) is 0 Å². The molecule has 0 spiro atoms. The summed E-state index contributed by atoms with van der Waals surface area (Å²) in [6.45, 7) is 1.84. The topological polar surface area (TPSA) is 76.1 Å². The SMILES string of the molecule is Cc1cc(Br)ccc1NS(=O)(=O)c1c[nH+]c[nH]1. The largest absolute Gasteiger partial charge is 0.302 e. The van der Waals surface area contributed by atoms with Crippen molar-refractivity contribution in [2.24, 2.45) is 0 Å². The van der Waals surface area contributed by atoms with Crippen molar-refractivity contribution >= 4 is 31.6 Å². The third-order valence-corrected chi connectivity index (χ3v) is 4.03. The van der Waals surface area contributed by atoms with E-state index in [2.05, 4.69) is 30.6 Å². The van der Waals surface area contributed by atoms with Crippen molar-refractivity contribution in [1.82, 2.24) is 4.98 Å². The molecule has 1 aromatic carbocycles. The fourth-order valence-electron chi connectivity index (χ4n) is 1.37. The van der Waals surface area contributed by atoms with Gasteiger partial charge in [0.2, 0.25) is 6.33 Å². The normalized spacial score (nSPS) is 11.4. The van der Waals surface area contributed by atoms with Gasteiger partial charge in [-0.15, -0.1) is 0 Å². The first-order valence-corrected chi connectivity index (χ1v) is 7.10. The molecule has 90 valence electrons. The van der Waals surface area contributed by atoms with Crippen LogP contribution in [-0.2, 0) is 10.0 Å². The molecule has 0 bridgehead atoms. The molecule has 0 aliphatic rings. The predicted molar refractivity (Wildman–Crippen MR) is 67.0 cm³/mol.